The van der Waals surface area contributed by atoms with Crippen molar-refractivity contribution in [2.24, 2.45) is 0 Å². The molecule has 0 saturated heterocycles. The van der Waals surface area contributed by atoms with Crippen molar-refractivity contribution < 1.29 is 9.53 Å². The van der Waals surface area contributed by atoms with E-state index in [0.717, 1.165) is 10.0 Å². The zero-order valence-corrected chi connectivity index (χ0v) is 12.3. The van der Waals surface area contributed by atoms with Crippen molar-refractivity contribution in [2.45, 2.75) is 6.92 Å². The minimum absolute atomic E-state index is 0.139. The highest BCUT2D eigenvalue weighted by Gasteiger charge is 2.17. The second-order valence-electron chi connectivity index (χ2n) is 4.26. The molecule has 3 nitrogen and oxygen atoms in total. The Morgan fingerprint density at radius 2 is 1.89 bits per heavy atom. The van der Waals surface area contributed by atoms with Crippen LogP contribution in [0.15, 0.2) is 40.9 Å². The summed E-state index contributed by atoms with van der Waals surface area (Å²) in [6.07, 6.45) is 0. The fraction of sp³-hybridized carbons (Fsp3) is 0.133. The van der Waals surface area contributed by atoms with Crippen molar-refractivity contribution in [1.82, 2.24) is 0 Å². The maximum Gasteiger partial charge on any atom is 0.198 e. The summed E-state index contributed by atoms with van der Waals surface area (Å²) in [6.45, 7) is 1.93. The topological polar surface area (TPSA) is 52.3 Å². The summed E-state index contributed by atoms with van der Waals surface area (Å²) in [5, 5.41) is 0. The third-order valence-electron chi connectivity index (χ3n) is 2.86. The number of ether oxygens (including phenoxy) is 1. The number of nitrogens with two attached hydrogens (primary N) is 1. The summed E-state index contributed by atoms with van der Waals surface area (Å²) in [5.41, 5.74) is 8.32. The Bertz CT molecular complexity index is 638. The fourth-order valence-electron chi connectivity index (χ4n) is 1.87. The molecular weight excluding hydrogens is 306 g/mol. The summed E-state index contributed by atoms with van der Waals surface area (Å²) in [5.74, 6) is 0.411. The van der Waals surface area contributed by atoms with Gasteiger partial charge in [-0.2, -0.15) is 0 Å². The van der Waals surface area contributed by atoms with E-state index in [2.05, 4.69) is 15.9 Å². The number of aryl methyl sites for hydroxylation is 1. The molecule has 0 aromatic heterocycles. The van der Waals surface area contributed by atoms with Gasteiger partial charge < -0.3 is 10.5 Å². The second kappa shape index (κ2) is 5.45. The van der Waals surface area contributed by atoms with E-state index in [1.54, 1.807) is 31.4 Å². The number of ketones is 1. The number of anilines is 1. The summed E-state index contributed by atoms with van der Waals surface area (Å²) < 4.78 is 6.06. The largest absolute Gasteiger partial charge is 0.496 e. The van der Waals surface area contributed by atoms with Gasteiger partial charge in [0.05, 0.1) is 12.7 Å². The van der Waals surface area contributed by atoms with Gasteiger partial charge in [0, 0.05) is 15.7 Å². The molecule has 0 amide bonds. The number of carbonyl (C=O) groups is 1. The molecule has 19 heavy (non-hydrogen) atoms. The number of benzene rings is 2. The van der Waals surface area contributed by atoms with Gasteiger partial charge in [0.1, 0.15) is 5.75 Å². The zero-order chi connectivity index (χ0) is 14.0. The van der Waals surface area contributed by atoms with Crippen LogP contribution in [0.2, 0.25) is 0 Å². The number of halogens is 1. The van der Waals surface area contributed by atoms with Crippen LogP contribution in [-0.4, -0.2) is 12.9 Å². The van der Waals surface area contributed by atoms with Crippen molar-refractivity contribution in [1.29, 1.82) is 0 Å². The number of hydrogen-bond donors (Lipinski definition) is 1. The highest BCUT2D eigenvalue weighted by Crippen LogP contribution is 2.27. The molecule has 0 aliphatic carbocycles. The van der Waals surface area contributed by atoms with Crippen LogP contribution in [0.1, 0.15) is 21.5 Å². The van der Waals surface area contributed by atoms with Gasteiger partial charge in [-0.05, 0) is 37.3 Å². The standard InChI is InChI=1S/C15H14BrNO2/c1-9-3-6-14(19-2)12(7-9)15(18)11-8-10(16)4-5-13(11)17/h3-8H,17H2,1-2H3. The van der Waals surface area contributed by atoms with E-state index in [1.165, 1.54) is 0 Å². The second-order valence-corrected chi connectivity index (χ2v) is 5.18. The first-order valence-electron chi connectivity index (χ1n) is 5.77. The van der Waals surface area contributed by atoms with Crippen LogP contribution in [0.4, 0.5) is 5.69 Å². The van der Waals surface area contributed by atoms with E-state index in [0.29, 0.717) is 22.6 Å². The Morgan fingerprint density at radius 1 is 1.16 bits per heavy atom. The first kappa shape index (κ1) is 13.6. The monoisotopic (exact) mass is 319 g/mol. The molecule has 0 radical (unpaired) electrons. The zero-order valence-electron chi connectivity index (χ0n) is 10.7. The van der Waals surface area contributed by atoms with Crippen molar-refractivity contribution in [3.63, 3.8) is 0 Å². The molecule has 0 aliphatic heterocycles. The molecule has 0 heterocycles. The minimum Gasteiger partial charge on any atom is -0.496 e. The molecule has 0 atom stereocenters. The molecule has 0 spiro atoms. The summed E-state index contributed by atoms with van der Waals surface area (Å²) in [6, 6.07) is 10.7. The Kier molecular flexibility index (Phi) is 3.90. The SMILES string of the molecule is COc1ccc(C)cc1C(=O)c1cc(Br)ccc1N. The summed E-state index contributed by atoms with van der Waals surface area (Å²) in [4.78, 5) is 12.6. The lowest BCUT2D eigenvalue weighted by atomic mass is 9.99. The van der Waals surface area contributed by atoms with Gasteiger partial charge in [0.15, 0.2) is 5.78 Å². The van der Waals surface area contributed by atoms with Crippen molar-refractivity contribution in [3.05, 3.63) is 57.6 Å². The normalized spacial score (nSPS) is 10.3. The first-order valence-corrected chi connectivity index (χ1v) is 6.56. The molecule has 2 N–H and O–H groups in total. The van der Waals surface area contributed by atoms with E-state index < -0.39 is 0 Å². The van der Waals surface area contributed by atoms with Crippen LogP contribution in [0, 0.1) is 6.92 Å². The maximum atomic E-state index is 12.6. The predicted octanol–water partition coefficient (Wildman–Crippen LogP) is 3.58. The Labute approximate surface area is 120 Å². The lowest BCUT2D eigenvalue weighted by Gasteiger charge is -2.10. The predicted molar refractivity (Wildman–Crippen MR) is 79.7 cm³/mol. The number of hydrogen-bond acceptors (Lipinski definition) is 3. The molecule has 0 saturated carbocycles. The summed E-state index contributed by atoms with van der Waals surface area (Å²) in [7, 11) is 1.55. The van der Waals surface area contributed by atoms with Crippen molar-refractivity contribution in [2.75, 3.05) is 12.8 Å². The fourth-order valence-corrected chi connectivity index (χ4v) is 2.23. The average Bonchev–Trinajstić information content (AvgIpc) is 2.40. The van der Waals surface area contributed by atoms with Crippen LogP contribution in [-0.2, 0) is 0 Å². The van der Waals surface area contributed by atoms with Crippen LogP contribution in [0.5, 0.6) is 5.75 Å². The van der Waals surface area contributed by atoms with Gasteiger partial charge in [0.25, 0.3) is 0 Å². The van der Waals surface area contributed by atoms with E-state index in [9.17, 15) is 4.79 Å². The molecule has 98 valence electrons. The Balaban J connectivity index is 2.55. The van der Waals surface area contributed by atoms with Gasteiger partial charge >= 0.3 is 0 Å². The molecule has 0 bridgehead atoms. The van der Waals surface area contributed by atoms with Crippen LogP contribution in [0.3, 0.4) is 0 Å². The molecule has 2 rings (SSSR count). The van der Waals surface area contributed by atoms with Crippen molar-refractivity contribution in [3.8, 4) is 5.75 Å². The third-order valence-corrected chi connectivity index (χ3v) is 3.35. The van der Waals surface area contributed by atoms with Gasteiger partial charge in [-0.15, -0.1) is 0 Å². The van der Waals surface area contributed by atoms with Crippen molar-refractivity contribution >= 4 is 27.4 Å². The Hall–Kier alpha value is -1.81. The quantitative estimate of drug-likeness (QED) is 0.695. The molecule has 0 aliphatic rings. The van der Waals surface area contributed by atoms with Gasteiger partial charge in [0.2, 0.25) is 0 Å². The highest BCUT2D eigenvalue weighted by molar-refractivity contribution is 9.10. The molecule has 2 aromatic carbocycles. The average molecular weight is 320 g/mol. The smallest absolute Gasteiger partial charge is 0.198 e. The molecule has 4 heteroatoms. The maximum absolute atomic E-state index is 12.6. The van der Waals surface area contributed by atoms with Gasteiger partial charge in [-0.25, -0.2) is 0 Å². The van der Waals surface area contributed by atoms with E-state index in [1.807, 2.05) is 19.1 Å². The molecule has 0 unspecified atom stereocenters. The van der Waals surface area contributed by atoms with Gasteiger partial charge in [-0.3, -0.25) is 4.79 Å². The van der Waals surface area contributed by atoms with Crippen LogP contribution in [0.25, 0.3) is 0 Å². The molecule has 2 aromatic rings. The lowest BCUT2D eigenvalue weighted by Crippen LogP contribution is -2.07. The van der Waals surface area contributed by atoms with Crippen LogP contribution < -0.4 is 10.5 Å². The highest BCUT2D eigenvalue weighted by atomic mass is 79.9. The minimum atomic E-state index is -0.139. The van der Waals surface area contributed by atoms with E-state index >= 15 is 0 Å². The molecule has 0 fully saturated rings. The lowest BCUT2D eigenvalue weighted by molar-refractivity contribution is 0.103. The third kappa shape index (κ3) is 2.79. The Morgan fingerprint density at radius 3 is 2.58 bits per heavy atom. The van der Waals surface area contributed by atoms with E-state index in [-0.39, 0.29) is 5.78 Å². The molecular formula is C15H14BrNO2. The number of nitrogen functional groups attached to an aromatic ring is 1. The summed E-state index contributed by atoms with van der Waals surface area (Å²) >= 11 is 3.35. The van der Waals surface area contributed by atoms with Crippen LogP contribution >= 0.6 is 15.9 Å². The number of rotatable bonds is 3. The van der Waals surface area contributed by atoms with E-state index in [4.69, 9.17) is 10.5 Å². The first-order chi connectivity index (χ1) is 9.02. The number of methoxy groups -OCH3 is 1. The van der Waals surface area contributed by atoms with Gasteiger partial charge in [-0.1, -0.05) is 27.6 Å². The number of carbonyl (C=O) groups excluding carboxylic acids is 1.